The monoisotopic (exact) mass is 418 g/mol. The molecule has 0 spiro atoms. The van der Waals surface area contributed by atoms with E-state index in [2.05, 4.69) is 31.7 Å². The summed E-state index contributed by atoms with van der Waals surface area (Å²) in [5.74, 6) is -2.15. The standard InChI is InChI=1S/C20H24F2N6O2/c1-20(21,22)12-30-18-13(3-2-8-24-18)10-25-19-26-11-14(9-23)17(28-19)27-15-4-6-16(29)7-5-15/h2-3,8,11,15-16,29H,4-7,10,12H2,1H3,(H2,25,26,27,28)/t15-,16+. The summed E-state index contributed by atoms with van der Waals surface area (Å²) in [6.45, 7) is 0.216. The summed E-state index contributed by atoms with van der Waals surface area (Å²) in [4.78, 5) is 12.5. The molecule has 1 fully saturated rings. The fraction of sp³-hybridized carbons (Fsp3) is 0.500. The van der Waals surface area contributed by atoms with E-state index < -0.39 is 12.5 Å². The molecular formula is C20H24F2N6O2. The van der Waals surface area contributed by atoms with Crippen molar-refractivity contribution in [3.8, 4) is 11.9 Å². The van der Waals surface area contributed by atoms with Crippen molar-refractivity contribution in [2.45, 2.75) is 57.2 Å². The molecule has 0 bridgehead atoms. The lowest BCUT2D eigenvalue weighted by Crippen LogP contribution is -2.29. The fourth-order valence-electron chi connectivity index (χ4n) is 3.13. The minimum atomic E-state index is -2.96. The molecule has 160 valence electrons. The zero-order chi connectivity index (χ0) is 21.6. The molecule has 0 aliphatic heterocycles. The summed E-state index contributed by atoms with van der Waals surface area (Å²) in [5.41, 5.74) is 0.896. The number of nitrogens with one attached hydrogen (secondary N) is 2. The Kier molecular flexibility index (Phi) is 6.95. The number of hydrogen-bond donors (Lipinski definition) is 3. The van der Waals surface area contributed by atoms with Crippen LogP contribution < -0.4 is 15.4 Å². The maximum absolute atomic E-state index is 13.1. The first-order valence-electron chi connectivity index (χ1n) is 9.74. The molecule has 3 rings (SSSR count). The predicted octanol–water partition coefficient (Wildman–Crippen LogP) is 3.10. The molecule has 0 atom stereocenters. The highest BCUT2D eigenvalue weighted by atomic mass is 19.3. The van der Waals surface area contributed by atoms with Crippen molar-refractivity contribution in [1.82, 2.24) is 15.0 Å². The fourth-order valence-corrected chi connectivity index (χ4v) is 3.13. The van der Waals surface area contributed by atoms with Gasteiger partial charge in [0.2, 0.25) is 11.8 Å². The molecule has 3 N–H and O–H groups in total. The van der Waals surface area contributed by atoms with Gasteiger partial charge in [0, 0.05) is 31.3 Å². The molecule has 0 unspecified atom stereocenters. The number of alkyl halides is 2. The summed E-state index contributed by atoms with van der Waals surface area (Å²) in [6, 6.07) is 5.58. The molecule has 1 aliphatic rings. The third-order valence-electron chi connectivity index (χ3n) is 4.70. The highest BCUT2D eigenvalue weighted by Gasteiger charge is 2.23. The average molecular weight is 418 g/mol. The third-order valence-corrected chi connectivity index (χ3v) is 4.70. The van der Waals surface area contributed by atoms with Gasteiger partial charge in [-0.2, -0.15) is 10.2 Å². The Morgan fingerprint density at radius 3 is 2.77 bits per heavy atom. The van der Waals surface area contributed by atoms with E-state index in [4.69, 9.17) is 4.74 Å². The first-order chi connectivity index (χ1) is 14.3. The van der Waals surface area contributed by atoms with Gasteiger partial charge < -0.3 is 20.5 Å². The Morgan fingerprint density at radius 1 is 1.30 bits per heavy atom. The maximum Gasteiger partial charge on any atom is 0.278 e. The summed E-state index contributed by atoms with van der Waals surface area (Å²) in [7, 11) is 0. The van der Waals surface area contributed by atoms with E-state index in [-0.39, 0.29) is 30.5 Å². The third kappa shape index (κ3) is 6.22. The van der Waals surface area contributed by atoms with Gasteiger partial charge in [0.25, 0.3) is 5.92 Å². The highest BCUT2D eigenvalue weighted by Crippen LogP contribution is 2.24. The molecule has 0 radical (unpaired) electrons. The number of nitriles is 1. The van der Waals surface area contributed by atoms with Gasteiger partial charge in [-0.3, -0.25) is 0 Å². The van der Waals surface area contributed by atoms with Gasteiger partial charge in [-0.25, -0.2) is 18.7 Å². The molecule has 1 saturated carbocycles. The van der Waals surface area contributed by atoms with Gasteiger partial charge in [0.05, 0.1) is 12.3 Å². The van der Waals surface area contributed by atoms with Crippen LogP contribution in [0.3, 0.4) is 0 Å². The van der Waals surface area contributed by atoms with Gasteiger partial charge in [-0.1, -0.05) is 6.07 Å². The van der Waals surface area contributed by atoms with Crippen molar-refractivity contribution in [2.75, 3.05) is 17.2 Å². The van der Waals surface area contributed by atoms with Gasteiger partial charge in [0.1, 0.15) is 17.5 Å². The summed E-state index contributed by atoms with van der Waals surface area (Å²) in [6.07, 6.45) is 5.60. The number of rotatable bonds is 8. The number of halogens is 2. The molecular weight excluding hydrogens is 394 g/mol. The number of hydrogen-bond acceptors (Lipinski definition) is 8. The van der Waals surface area contributed by atoms with Crippen molar-refractivity contribution in [1.29, 1.82) is 5.26 Å². The molecule has 0 amide bonds. The van der Waals surface area contributed by atoms with Gasteiger partial charge in [-0.15, -0.1) is 0 Å². The molecule has 0 saturated heterocycles. The van der Waals surface area contributed by atoms with E-state index in [9.17, 15) is 19.1 Å². The minimum absolute atomic E-state index is 0.110. The van der Waals surface area contributed by atoms with Crippen LogP contribution in [0.25, 0.3) is 0 Å². The first kappa shape index (κ1) is 21.6. The van der Waals surface area contributed by atoms with Crippen LogP contribution in [0.5, 0.6) is 5.88 Å². The van der Waals surface area contributed by atoms with Crippen molar-refractivity contribution < 1.29 is 18.6 Å². The maximum atomic E-state index is 13.1. The van der Waals surface area contributed by atoms with E-state index in [1.54, 1.807) is 12.1 Å². The second kappa shape index (κ2) is 9.63. The minimum Gasteiger partial charge on any atom is -0.471 e. The summed E-state index contributed by atoms with van der Waals surface area (Å²) in [5, 5.41) is 25.3. The largest absolute Gasteiger partial charge is 0.471 e. The van der Waals surface area contributed by atoms with Crippen molar-refractivity contribution >= 4 is 11.8 Å². The van der Waals surface area contributed by atoms with E-state index in [1.165, 1.54) is 12.4 Å². The first-order valence-corrected chi connectivity index (χ1v) is 9.74. The topological polar surface area (TPSA) is 116 Å². The zero-order valence-electron chi connectivity index (χ0n) is 16.6. The highest BCUT2D eigenvalue weighted by molar-refractivity contribution is 5.54. The number of aliphatic hydroxyl groups is 1. The van der Waals surface area contributed by atoms with Crippen molar-refractivity contribution in [3.05, 3.63) is 35.7 Å². The Bertz CT molecular complexity index is 892. The number of anilines is 2. The van der Waals surface area contributed by atoms with Gasteiger partial charge in [-0.05, 0) is 31.7 Å². The lowest BCUT2D eigenvalue weighted by Gasteiger charge is -2.26. The number of aliphatic hydroxyl groups excluding tert-OH is 1. The van der Waals surface area contributed by atoms with Crippen LogP contribution >= 0.6 is 0 Å². The summed E-state index contributed by atoms with van der Waals surface area (Å²) < 4.78 is 31.3. The van der Waals surface area contributed by atoms with Crippen LogP contribution in [0.15, 0.2) is 24.5 Å². The lowest BCUT2D eigenvalue weighted by molar-refractivity contribution is -0.0244. The zero-order valence-corrected chi connectivity index (χ0v) is 16.6. The molecule has 1 aliphatic carbocycles. The average Bonchev–Trinajstić information content (AvgIpc) is 2.72. The van der Waals surface area contributed by atoms with Crippen LogP contribution in [-0.2, 0) is 6.54 Å². The smallest absolute Gasteiger partial charge is 0.278 e. The molecule has 2 aromatic rings. The SMILES string of the molecule is CC(F)(F)COc1ncccc1CNc1ncc(C#N)c(N[C@H]2CC[C@@H](O)CC2)n1. The lowest BCUT2D eigenvalue weighted by atomic mass is 9.93. The normalized spacial score (nSPS) is 19.0. The summed E-state index contributed by atoms with van der Waals surface area (Å²) >= 11 is 0. The van der Waals surface area contributed by atoms with Crippen LogP contribution in [0.2, 0.25) is 0 Å². The van der Waals surface area contributed by atoms with E-state index >= 15 is 0 Å². The van der Waals surface area contributed by atoms with E-state index in [0.717, 1.165) is 19.8 Å². The van der Waals surface area contributed by atoms with E-state index in [0.29, 0.717) is 29.8 Å². The Labute approximate surface area is 173 Å². The van der Waals surface area contributed by atoms with Crippen molar-refractivity contribution in [3.63, 3.8) is 0 Å². The number of nitrogens with zero attached hydrogens (tertiary/aromatic N) is 4. The number of pyridine rings is 1. The Morgan fingerprint density at radius 2 is 2.07 bits per heavy atom. The Hall–Kier alpha value is -3.06. The van der Waals surface area contributed by atoms with Crippen LogP contribution in [0, 0.1) is 11.3 Å². The second-order valence-electron chi connectivity index (χ2n) is 7.40. The Balaban J connectivity index is 1.67. The van der Waals surface area contributed by atoms with Crippen molar-refractivity contribution in [2.24, 2.45) is 0 Å². The number of ether oxygens (including phenoxy) is 1. The molecule has 8 nitrogen and oxygen atoms in total. The van der Waals surface area contributed by atoms with Crippen LogP contribution in [-0.4, -0.2) is 44.7 Å². The molecule has 10 heteroatoms. The molecule has 0 aromatic carbocycles. The van der Waals surface area contributed by atoms with Gasteiger partial charge >= 0.3 is 0 Å². The van der Waals surface area contributed by atoms with Crippen LogP contribution in [0.1, 0.15) is 43.7 Å². The second-order valence-corrected chi connectivity index (χ2v) is 7.40. The number of aromatic nitrogens is 3. The van der Waals surface area contributed by atoms with Gasteiger partial charge in [0.15, 0.2) is 6.61 Å². The quantitative estimate of drug-likeness (QED) is 0.599. The molecule has 2 heterocycles. The molecule has 30 heavy (non-hydrogen) atoms. The van der Waals surface area contributed by atoms with Crippen LogP contribution in [0.4, 0.5) is 20.5 Å². The van der Waals surface area contributed by atoms with E-state index in [1.807, 2.05) is 0 Å². The predicted molar refractivity (Wildman–Crippen MR) is 106 cm³/mol. The molecule has 2 aromatic heterocycles.